The molecule has 0 unspecified atom stereocenters. The molecule has 0 aliphatic carbocycles. The Labute approximate surface area is 271 Å². The zero-order valence-electron chi connectivity index (χ0n) is 26.1. The van der Waals surface area contributed by atoms with E-state index in [-0.39, 0.29) is 26.4 Å². The van der Waals surface area contributed by atoms with Gasteiger partial charge >= 0.3 is 5.97 Å². The zero-order valence-corrected chi connectivity index (χ0v) is 26.1. The smallest absolute Gasteiger partial charge is 0.332 e. The van der Waals surface area contributed by atoms with Crippen molar-refractivity contribution in [2.45, 2.75) is 64.1 Å². The average molecular weight is 627 g/mol. The van der Waals surface area contributed by atoms with Gasteiger partial charge in [-0.05, 0) is 29.2 Å². The van der Waals surface area contributed by atoms with Gasteiger partial charge in [-0.1, -0.05) is 121 Å². The lowest BCUT2D eigenvalue weighted by atomic mass is 9.97. The second-order valence-corrected chi connectivity index (χ2v) is 10.9. The highest BCUT2D eigenvalue weighted by Gasteiger charge is 2.49. The molecule has 4 aromatic carbocycles. The van der Waals surface area contributed by atoms with E-state index < -0.39 is 36.7 Å². The number of hydrogen-bond acceptors (Lipinski definition) is 8. The molecule has 46 heavy (non-hydrogen) atoms. The van der Waals surface area contributed by atoms with Gasteiger partial charge in [0.25, 0.3) is 0 Å². The van der Waals surface area contributed by atoms with Gasteiger partial charge in [-0.3, -0.25) is 0 Å². The molecule has 0 bridgehead atoms. The van der Waals surface area contributed by atoms with Crippen molar-refractivity contribution in [2.75, 3.05) is 19.8 Å². The summed E-state index contributed by atoms with van der Waals surface area (Å²) in [5, 5.41) is 0. The second kappa shape index (κ2) is 18.3. The summed E-state index contributed by atoms with van der Waals surface area (Å²) < 4.78 is 43.8. The minimum absolute atomic E-state index is 0.199. The van der Waals surface area contributed by atoms with Gasteiger partial charge < -0.3 is 33.2 Å². The molecule has 0 amide bonds. The van der Waals surface area contributed by atoms with Crippen LogP contribution in [0.4, 0.5) is 0 Å². The largest absolute Gasteiger partial charge is 0.464 e. The molecule has 0 spiro atoms. The first kappa shape index (κ1) is 33.5. The maximum Gasteiger partial charge on any atom is 0.332 e. The third-order valence-electron chi connectivity index (χ3n) is 7.51. The first-order valence-corrected chi connectivity index (χ1v) is 15.7. The molecule has 1 saturated heterocycles. The molecule has 242 valence electrons. The number of carbonyl (C=O) groups excluding carboxylic acids is 1. The summed E-state index contributed by atoms with van der Waals surface area (Å²) in [6, 6.07) is 39.7. The fourth-order valence-electron chi connectivity index (χ4n) is 5.23. The van der Waals surface area contributed by atoms with E-state index in [4.69, 9.17) is 33.2 Å². The lowest BCUT2D eigenvalue weighted by molar-refractivity contribution is -0.327. The lowest BCUT2D eigenvalue weighted by Crippen LogP contribution is -2.62. The quantitative estimate of drug-likeness (QED) is 0.127. The summed E-state index contributed by atoms with van der Waals surface area (Å²) in [4.78, 5) is 12.4. The van der Waals surface area contributed by atoms with Crippen LogP contribution in [0.15, 0.2) is 121 Å². The number of carbonyl (C=O) groups is 1. The van der Waals surface area contributed by atoms with Crippen LogP contribution >= 0.6 is 0 Å². The maximum atomic E-state index is 12.4. The molecular formula is C38H42O8. The van der Waals surface area contributed by atoms with Crippen molar-refractivity contribution in [3.05, 3.63) is 144 Å². The van der Waals surface area contributed by atoms with E-state index in [1.807, 2.05) is 121 Å². The summed E-state index contributed by atoms with van der Waals surface area (Å²) in [6.07, 6.45) is -3.54. The monoisotopic (exact) mass is 626 g/mol. The Morgan fingerprint density at radius 3 is 1.48 bits per heavy atom. The molecule has 0 aromatic heterocycles. The zero-order chi connectivity index (χ0) is 31.8. The molecule has 0 saturated carbocycles. The van der Waals surface area contributed by atoms with Crippen LogP contribution < -0.4 is 0 Å². The van der Waals surface area contributed by atoms with Gasteiger partial charge in [0.1, 0.15) is 31.0 Å². The Kier molecular flexibility index (Phi) is 13.3. The third-order valence-corrected chi connectivity index (χ3v) is 7.51. The first-order chi connectivity index (χ1) is 22.7. The van der Waals surface area contributed by atoms with Crippen LogP contribution in [0.5, 0.6) is 0 Å². The predicted molar refractivity (Wildman–Crippen MR) is 172 cm³/mol. The van der Waals surface area contributed by atoms with E-state index in [9.17, 15) is 4.79 Å². The minimum atomic E-state index is -0.962. The van der Waals surface area contributed by atoms with Gasteiger partial charge in [-0.15, -0.1) is 0 Å². The number of ether oxygens (including phenoxy) is 7. The molecule has 1 aliphatic heterocycles. The summed E-state index contributed by atoms with van der Waals surface area (Å²) in [5.41, 5.74) is 4.02. The van der Waals surface area contributed by atoms with Crippen LogP contribution in [-0.2, 0) is 64.4 Å². The number of benzene rings is 4. The average Bonchev–Trinajstić information content (AvgIpc) is 3.10. The van der Waals surface area contributed by atoms with Crippen molar-refractivity contribution in [2.24, 2.45) is 0 Å². The van der Waals surface area contributed by atoms with E-state index >= 15 is 0 Å². The second-order valence-electron chi connectivity index (χ2n) is 10.9. The molecule has 0 radical (unpaired) electrons. The van der Waals surface area contributed by atoms with Gasteiger partial charge in [0.15, 0.2) is 6.29 Å². The Balaban J connectivity index is 1.43. The fourth-order valence-corrected chi connectivity index (χ4v) is 5.23. The van der Waals surface area contributed by atoms with Crippen LogP contribution in [0, 0.1) is 0 Å². The molecule has 1 aliphatic rings. The minimum Gasteiger partial charge on any atom is -0.464 e. The third kappa shape index (κ3) is 10.3. The molecule has 0 N–H and O–H groups in total. The molecule has 1 heterocycles. The van der Waals surface area contributed by atoms with Crippen LogP contribution in [0.25, 0.3) is 0 Å². The highest BCUT2D eigenvalue weighted by Crippen LogP contribution is 2.31. The molecule has 5 rings (SSSR count). The first-order valence-electron chi connectivity index (χ1n) is 15.7. The summed E-state index contributed by atoms with van der Waals surface area (Å²) in [7, 11) is 0. The number of rotatable bonds is 17. The van der Waals surface area contributed by atoms with Crippen LogP contribution in [0.2, 0.25) is 0 Å². The molecule has 4 aromatic rings. The molecule has 5 atom stereocenters. The summed E-state index contributed by atoms with van der Waals surface area (Å²) in [5.74, 6) is -0.492. The van der Waals surface area contributed by atoms with Crippen molar-refractivity contribution in [3.8, 4) is 0 Å². The van der Waals surface area contributed by atoms with E-state index in [1.165, 1.54) is 0 Å². The molecule has 1 fully saturated rings. The summed E-state index contributed by atoms with van der Waals surface area (Å²) >= 11 is 0. The van der Waals surface area contributed by atoms with Gasteiger partial charge in [0.05, 0.1) is 39.6 Å². The van der Waals surface area contributed by atoms with Crippen molar-refractivity contribution in [1.82, 2.24) is 0 Å². The molecule has 8 heteroatoms. The molecular weight excluding hydrogens is 584 g/mol. The Morgan fingerprint density at radius 1 is 0.565 bits per heavy atom. The van der Waals surface area contributed by atoms with E-state index in [1.54, 1.807) is 6.92 Å². The Bertz CT molecular complexity index is 1400. The van der Waals surface area contributed by atoms with E-state index in [0.29, 0.717) is 19.8 Å². The fraction of sp³-hybridized carbons (Fsp3) is 0.342. The number of esters is 1. The van der Waals surface area contributed by atoms with E-state index in [0.717, 1.165) is 22.3 Å². The van der Waals surface area contributed by atoms with Crippen LogP contribution in [-0.4, -0.2) is 56.5 Å². The van der Waals surface area contributed by atoms with Crippen molar-refractivity contribution in [1.29, 1.82) is 0 Å². The normalized spacial score (nSPS) is 21.1. The van der Waals surface area contributed by atoms with Crippen LogP contribution in [0.1, 0.15) is 29.2 Å². The number of hydrogen-bond donors (Lipinski definition) is 0. The van der Waals surface area contributed by atoms with Gasteiger partial charge in [-0.25, -0.2) is 4.79 Å². The van der Waals surface area contributed by atoms with Gasteiger partial charge in [0.2, 0.25) is 0 Å². The van der Waals surface area contributed by atoms with E-state index in [2.05, 4.69) is 0 Å². The topological polar surface area (TPSA) is 81.7 Å². The van der Waals surface area contributed by atoms with Crippen molar-refractivity contribution >= 4 is 5.97 Å². The highest BCUT2D eigenvalue weighted by molar-refractivity contribution is 5.70. The maximum absolute atomic E-state index is 12.4. The van der Waals surface area contributed by atoms with Crippen molar-refractivity contribution in [3.63, 3.8) is 0 Å². The SMILES string of the molecule is CCOC(=O)CO[C@@H]1O[C@H](COCc2ccccc2)[C@@H](OCc2ccccc2)[C@H](OCc2ccccc2)[C@H]1OCc1ccccc1. The van der Waals surface area contributed by atoms with Gasteiger partial charge in [0, 0.05) is 0 Å². The van der Waals surface area contributed by atoms with Crippen LogP contribution in [0.3, 0.4) is 0 Å². The van der Waals surface area contributed by atoms with Crippen molar-refractivity contribution < 1.29 is 38.0 Å². The Morgan fingerprint density at radius 2 is 1.00 bits per heavy atom. The van der Waals surface area contributed by atoms with Gasteiger partial charge in [-0.2, -0.15) is 0 Å². The lowest BCUT2D eigenvalue weighted by Gasteiger charge is -2.45. The molecule has 8 nitrogen and oxygen atoms in total. The standard InChI is InChI=1S/C38H42O8/c1-2-41-34(39)28-45-38-37(44-26-32-21-13-6-14-22-32)36(43-25-31-19-11-5-12-20-31)35(42-24-30-17-9-4-10-18-30)33(46-38)27-40-23-29-15-7-3-8-16-29/h3-22,33,35-38H,2,23-28H2,1H3/t33-,35-,36+,37-,38-/m1/s1. The summed E-state index contributed by atoms with van der Waals surface area (Å²) in [6.45, 7) is 3.20. The Hall–Kier alpha value is -3.89. The predicted octanol–water partition coefficient (Wildman–Crippen LogP) is 6.26. The highest BCUT2D eigenvalue weighted by atomic mass is 16.7.